The van der Waals surface area contributed by atoms with Gasteiger partial charge in [-0.25, -0.2) is 4.79 Å². The van der Waals surface area contributed by atoms with Crippen molar-refractivity contribution >= 4 is 6.09 Å². The van der Waals surface area contributed by atoms with Gasteiger partial charge in [-0.3, -0.25) is 5.21 Å². The van der Waals surface area contributed by atoms with Crippen molar-refractivity contribution in [2.75, 3.05) is 13.2 Å². The van der Waals surface area contributed by atoms with E-state index in [1.807, 2.05) is 30.3 Å². The Kier molecular flexibility index (Phi) is 4.82. The molecular formula is C16H23N3O4. The first-order valence-corrected chi connectivity index (χ1v) is 7.97. The van der Waals surface area contributed by atoms with Crippen LogP contribution >= 0.6 is 0 Å². The summed E-state index contributed by atoms with van der Waals surface area (Å²) >= 11 is 0. The lowest BCUT2D eigenvalue weighted by atomic mass is 9.79. The average molecular weight is 321 g/mol. The van der Waals surface area contributed by atoms with E-state index >= 15 is 0 Å². The van der Waals surface area contributed by atoms with Crippen molar-refractivity contribution in [3.05, 3.63) is 35.9 Å². The Labute approximate surface area is 135 Å². The molecule has 1 aromatic carbocycles. The van der Waals surface area contributed by atoms with Crippen LogP contribution in [0.25, 0.3) is 0 Å². The molecule has 7 heteroatoms. The van der Waals surface area contributed by atoms with Gasteiger partial charge in [-0.05, 0) is 31.2 Å². The first kappa shape index (κ1) is 16.2. The maximum Gasteiger partial charge on any atom is 0.434 e. The minimum atomic E-state index is -0.722. The Hall–Kier alpha value is -1.67. The lowest BCUT2D eigenvalue weighted by molar-refractivity contribution is -0.173. The highest BCUT2D eigenvalue weighted by atomic mass is 16.6. The number of amides is 1. The minimum Gasteiger partial charge on any atom is -0.443 e. The van der Waals surface area contributed by atoms with Gasteiger partial charge in [0.25, 0.3) is 0 Å². The third-order valence-corrected chi connectivity index (χ3v) is 4.89. The van der Waals surface area contributed by atoms with E-state index in [2.05, 4.69) is 5.32 Å². The van der Waals surface area contributed by atoms with Gasteiger partial charge in [0.05, 0.1) is 18.2 Å². The Morgan fingerprint density at radius 3 is 2.65 bits per heavy atom. The van der Waals surface area contributed by atoms with Crippen molar-refractivity contribution in [3.8, 4) is 0 Å². The molecule has 3 rings (SSSR count). The zero-order valence-corrected chi connectivity index (χ0v) is 13.0. The van der Waals surface area contributed by atoms with Crippen LogP contribution in [-0.2, 0) is 11.3 Å². The van der Waals surface area contributed by atoms with Crippen LogP contribution in [-0.4, -0.2) is 51.4 Å². The van der Waals surface area contributed by atoms with Crippen LogP contribution in [0.4, 0.5) is 4.79 Å². The maximum absolute atomic E-state index is 12.0. The first-order valence-electron chi connectivity index (χ1n) is 7.97. The van der Waals surface area contributed by atoms with Crippen molar-refractivity contribution in [3.63, 3.8) is 0 Å². The number of benzene rings is 1. The predicted molar refractivity (Wildman–Crippen MR) is 81.7 cm³/mol. The van der Waals surface area contributed by atoms with Crippen molar-refractivity contribution in [1.29, 1.82) is 0 Å². The van der Waals surface area contributed by atoms with E-state index in [1.165, 1.54) is 5.06 Å². The molecule has 1 aliphatic heterocycles. The Morgan fingerprint density at radius 1 is 1.35 bits per heavy atom. The smallest absolute Gasteiger partial charge is 0.434 e. The molecule has 1 aliphatic carbocycles. The van der Waals surface area contributed by atoms with Crippen LogP contribution < -0.4 is 5.32 Å². The number of ether oxygens (including phenoxy) is 1. The van der Waals surface area contributed by atoms with Gasteiger partial charge < -0.3 is 15.3 Å². The SMILES string of the molecule is O=C(OCc1ccccc1)N(O)C1CCC2(CC1)CNCN2O. The molecule has 1 aromatic rings. The highest BCUT2D eigenvalue weighted by Crippen LogP contribution is 2.36. The summed E-state index contributed by atoms with van der Waals surface area (Å²) in [6.45, 7) is 1.34. The summed E-state index contributed by atoms with van der Waals surface area (Å²) < 4.78 is 5.15. The molecule has 3 N–H and O–H groups in total. The standard InChI is InChI=1S/C16H23N3O4/c20-15(23-10-13-4-2-1-3-5-13)19(22)14-6-8-16(9-7-14)11-17-12-18(16)21/h1-5,14,17,21-22H,6-12H2. The molecule has 2 fully saturated rings. The maximum atomic E-state index is 12.0. The number of nitrogens with zero attached hydrogens (tertiary/aromatic N) is 2. The highest BCUT2D eigenvalue weighted by molar-refractivity contribution is 5.66. The second-order valence-electron chi connectivity index (χ2n) is 6.32. The number of hydrogen-bond donors (Lipinski definition) is 3. The minimum absolute atomic E-state index is 0.141. The van der Waals surface area contributed by atoms with E-state index in [0.717, 1.165) is 24.9 Å². The summed E-state index contributed by atoms with van der Waals surface area (Å²) in [6, 6.07) is 9.10. The zero-order valence-electron chi connectivity index (χ0n) is 13.0. The molecule has 126 valence electrons. The third-order valence-electron chi connectivity index (χ3n) is 4.89. The van der Waals surface area contributed by atoms with Crippen LogP contribution in [0.15, 0.2) is 30.3 Å². The van der Waals surface area contributed by atoms with E-state index in [1.54, 1.807) is 0 Å². The van der Waals surface area contributed by atoms with Crippen LogP contribution in [0.2, 0.25) is 0 Å². The number of carbonyl (C=O) groups excluding carboxylic acids is 1. The highest BCUT2D eigenvalue weighted by Gasteiger charge is 2.44. The lowest BCUT2D eigenvalue weighted by Gasteiger charge is -2.41. The van der Waals surface area contributed by atoms with Crippen LogP contribution in [0.1, 0.15) is 31.2 Å². The molecule has 0 atom stereocenters. The monoisotopic (exact) mass is 321 g/mol. The van der Waals surface area contributed by atoms with Gasteiger partial charge in [0.15, 0.2) is 0 Å². The molecule has 0 radical (unpaired) electrons. The lowest BCUT2D eigenvalue weighted by Crippen LogP contribution is -2.51. The molecule has 0 bridgehead atoms. The van der Waals surface area contributed by atoms with Crippen molar-refractivity contribution < 1.29 is 19.9 Å². The van der Waals surface area contributed by atoms with Gasteiger partial charge in [-0.2, -0.15) is 10.1 Å². The molecule has 1 amide bonds. The Morgan fingerprint density at radius 2 is 2.04 bits per heavy atom. The first-order chi connectivity index (χ1) is 11.1. The molecule has 1 saturated carbocycles. The van der Waals surface area contributed by atoms with Crippen molar-refractivity contribution in [2.45, 2.75) is 43.9 Å². The third kappa shape index (κ3) is 3.48. The number of hydroxylamine groups is 4. The summed E-state index contributed by atoms with van der Waals surface area (Å²) in [6.07, 6.45) is 2.00. The molecule has 0 aromatic heterocycles. The molecule has 7 nitrogen and oxygen atoms in total. The normalized spacial score (nSPS) is 28.0. The molecule has 2 aliphatic rings. The van der Waals surface area contributed by atoms with Gasteiger partial charge in [0.1, 0.15) is 6.61 Å². The number of rotatable bonds is 3. The molecule has 23 heavy (non-hydrogen) atoms. The van der Waals surface area contributed by atoms with Crippen LogP contribution in [0.5, 0.6) is 0 Å². The van der Waals surface area contributed by atoms with E-state index < -0.39 is 6.09 Å². The van der Waals surface area contributed by atoms with E-state index in [-0.39, 0.29) is 18.2 Å². The summed E-state index contributed by atoms with van der Waals surface area (Å²) in [7, 11) is 0. The zero-order chi connectivity index (χ0) is 16.3. The fourth-order valence-corrected chi connectivity index (χ4v) is 3.41. The van der Waals surface area contributed by atoms with E-state index in [9.17, 15) is 15.2 Å². The number of hydrogen-bond acceptors (Lipinski definition) is 6. The van der Waals surface area contributed by atoms with Gasteiger partial charge in [-0.1, -0.05) is 30.3 Å². The second-order valence-corrected chi connectivity index (χ2v) is 6.32. The molecule has 1 heterocycles. The summed E-state index contributed by atoms with van der Waals surface area (Å²) in [5.41, 5.74) is 0.621. The molecular weight excluding hydrogens is 298 g/mol. The average Bonchev–Trinajstić information content (AvgIpc) is 2.94. The molecule has 1 spiro atoms. The number of carbonyl (C=O) groups is 1. The summed E-state index contributed by atoms with van der Waals surface area (Å²) in [5.74, 6) is 0. The summed E-state index contributed by atoms with van der Waals surface area (Å²) in [4.78, 5) is 12.0. The molecule has 0 unspecified atom stereocenters. The van der Waals surface area contributed by atoms with Crippen molar-refractivity contribution in [2.24, 2.45) is 0 Å². The largest absolute Gasteiger partial charge is 0.443 e. The van der Waals surface area contributed by atoms with Gasteiger partial charge in [0.2, 0.25) is 0 Å². The molecule has 1 saturated heterocycles. The quantitative estimate of drug-likeness (QED) is 0.583. The van der Waals surface area contributed by atoms with Crippen LogP contribution in [0.3, 0.4) is 0 Å². The predicted octanol–water partition coefficient (Wildman–Crippen LogP) is 1.95. The topological polar surface area (TPSA) is 85.3 Å². The Bertz CT molecular complexity index is 531. The van der Waals surface area contributed by atoms with Crippen molar-refractivity contribution in [1.82, 2.24) is 15.4 Å². The summed E-state index contributed by atoms with van der Waals surface area (Å²) in [5, 5.41) is 25.2. The number of nitrogens with one attached hydrogen (secondary N) is 1. The fourth-order valence-electron chi connectivity index (χ4n) is 3.41. The van der Waals surface area contributed by atoms with Crippen LogP contribution in [0, 0.1) is 0 Å². The fraction of sp³-hybridized carbons (Fsp3) is 0.562. The van der Waals surface area contributed by atoms with Gasteiger partial charge in [-0.15, -0.1) is 0 Å². The van der Waals surface area contributed by atoms with E-state index in [0.29, 0.717) is 24.6 Å². The second kappa shape index (κ2) is 6.84. The van der Waals surface area contributed by atoms with Gasteiger partial charge in [0, 0.05) is 6.54 Å². The van der Waals surface area contributed by atoms with E-state index in [4.69, 9.17) is 4.74 Å². The van der Waals surface area contributed by atoms with Gasteiger partial charge >= 0.3 is 6.09 Å². The Balaban J connectivity index is 1.49.